The Balaban J connectivity index is 1.12. The van der Waals surface area contributed by atoms with Crippen LogP contribution in [0.1, 0.15) is 16.7 Å². The van der Waals surface area contributed by atoms with Crippen molar-refractivity contribution in [1.82, 2.24) is 0 Å². The van der Waals surface area contributed by atoms with Gasteiger partial charge in [-0.2, -0.15) is 0 Å². The molecule has 236 valence electrons. The first-order valence-corrected chi connectivity index (χ1v) is 16.7. The maximum absolute atomic E-state index is 2.30. The van der Waals surface area contributed by atoms with E-state index < -0.39 is 0 Å². The van der Waals surface area contributed by atoms with Crippen LogP contribution in [0.5, 0.6) is 0 Å². The van der Waals surface area contributed by atoms with E-state index >= 15 is 0 Å². The first-order valence-electron chi connectivity index (χ1n) is 16.7. The van der Waals surface area contributed by atoms with Crippen molar-refractivity contribution in [1.29, 1.82) is 0 Å². The number of allylic oxidation sites excluding steroid dienone is 2. The average Bonchev–Trinajstić information content (AvgIpc) is 3.17. The highest BCUT2D eigenvalue weighted by Crippen LogP contribution is 2.38. The predicted octanol–water partition coefficient (Wildman–Crippen LogP) is 13.3. The predicted molar refractivity (Wildman–Crippen MR) is 210 cm³/mol. The molecule has 0 fully saturated rings. The zero-order valence-electron chi connectivity index (χ0n) is 27.6. The van der Waals surface area contributed by atoms with Crippen molar-refractivity contribution in [2.45, 2.75) is 6.92 Å². The second-order valence-electron chi connectivity index (χ2n) is 12.0. The molecular formula is C47H38N2. The van der Waals surface area contributed by atoms with E-state index in [4.69, 9.17) is 0 Å². The van der Waals surface area contributed by atoms with Gasteiger partial charge in [0.25, 0.3) is 0 Å². The van der Waals surface area contributed by atoms with Gasteiger partial charge < -0.3 is 9.80 Å². The Labute approximate surface area is 290 Å². The molecular weight excluding hydrogens is 593 g/mol. The van der Waals surface area contributed by atoms with E-state index in [0.717, 1.165) is 39.7 Å². The molecule has 0 saturated heterocycles. The number of anilines is 6. The molecule has 0 aliphatic carbocycles. The van der Waals surface area contributed by atoms with Crippen LogP contribution in [-0.4, -0.2) is 0 Å². The SMILES string of the molecule is Cc1ccc(N(c2ccccc2)c2ccc(-c3ccc(N(c4ccccc4)c4ccc(/C=C\C=C/c5ccccc5)cc4)cc3)cc2)cc1. The molecule has 49 heavy (non-hydrogen) atoms. The Morgan fingerprint density at radius 2 is 0.612 bits per heavy atom. The van der Waals surface area contributed by atoms with Crippen molar-refractivity contribution in [3.8, 4) is 11.1 Å². The van der Waals surface area contributed by atoms with Gasteiger partial charge in [0.2, 0.25) is 0 Å². The Hall–Kier alpha value is -6.38. The van der Waals surface area contributed by atoms with Crippen LogP contribution >= 0.6 is 0 Å². The zero-order chi connectivity index (χ0) is 33.3. The van der Waals surface area contributed by atoms with Crippen LogP contribution < -0.4 is 9.80 Å². The molecule has 0 aromatic heterocycles. The van der Waals surface area contributed by atoms with Crippen LogP contribution in [0.25, 0.3) is 23.3 Å². The minimum absolute atomic E-state index is 1.11. The van der Waals surface area contributed by atoms with E-state index in [0.29, 0.717) is 0 Å². The van der Waals surface area contributed by atoms with Gasteiger partial charge in [-0.05, 0) is 102 Å². The Kier molecular flexibility index (Phi) is 9.57. The first kappa shape index (κ1) is 31.2. The third-order valence-corrected chi connectivity index (χ3v) is 8.54. The second kappa shape index (κ2) is 15.0. The summed E-state index contributed by atoms with van der Waals surface area (Å²) in [5.74, 6) is 0. The molecule has 0 aliphatic rings. The van der Waals surface area contributed by atoms with Crippen LogP contribution in [0.4, 0.5) is 34.1 Å². The number of rotatable bonds is 10. The summed E-state index contributed by atoms with van der Waals surface area (Å²) in [6.45, 7) is 2.12. The molecule has 0 radical (unpaired) electrons. The summed E-state index contributed by atoms with van der Waals surface area (Å²) in [7, 11) is 0. The fraction of sp³-hybridized carbons (Fsp3) is 0.0213. The molecule has 7 aromatic carbocycles. The third kappa shape index (κ3) is 7.62. The maximum atomic E-state index is 2.30. The summed E-state index contributed by atoms with van der Waals surface area (Å²) in [6, 6.07) is 66.5. The molecule has 2 heteroatoms. The van der Waals surface area contributed by atoms with E-state index in [-0.39, 0.29) is 0 Å². The summed E-state index contributed by atoms with van der Waals surface area (Å²) in [4.78, 5) is 4.60. The first-order chi connectivity index (χ1) is 24.2. The molecule has 2 nitrogen and oxygen atoms in total. The van der Waals surface area contributed by atoms with Crippen LogP contribution in [0, 0.1) is 6.92 Å². The van der Waals surface area contributed by atoms with E-state index in [9.17, 15) is 0 Å². The third-order valence-electron chi connectivity index (χ3n) is 8.54. The van der Waals surface area contributed by atoms with Crippen LogP contribution in [-0.2, 0) is 0 Å². The fourth-order valence-corrected chi connectivity index (χ4v) is 5.98. The smallest absolute Gasteiger partial charge is 0.0462 e. The molecule has 0 aliphatic heterocycles. The summed E-state index contributed by atoms with van der Waals surface area (Å²) >= 11 is 0. The minimum atomic E-state index is 1.11. The molecule has 0 atom stereocenters. The molecule has 0 unspecified atom stereocenters. The topological polar surface area (TPSA) is 6.48 Å². The summed E-state index contributed by atoms with van der Waals surface area (Å²) in [6.07, 6.45) is 8.42. The fourth-order valence-electron chi connectivity index (χ4n) is 5.98. The number of benzene rings is 7. The van der Waals surface area contributed by atoms with Gasteiger partial charge in [0.1, 0.15) is 0 Å². The van der Waals surface area contributed by atoms with Gasteiger partial charge in [-0.25, -0.2) is 0 Å². The van der Waals surface area contributed by atoms with Crippen molar-refractivity contribution in [2.75, 3.05) is 9.80 Å². The molecule has 0 spiro atoms. The van der Waals surface area contributed by atoms with Crippen LogP contribution in [0.3, 0.4) is 0 Å². The molecule has 0 amide bonds. The molecule has 0 saturated carbocycles. The lowest BCUT2D eigenvalue weighted by molar-refractivity contribution is 1.27. The lowest BCUT2D eigenvalue weighted by Gasteiger charge is -2.26. The quantitative estimate of drug-likeness (QED) is 0.139. The van der Waals surface area contributed by atoms with Crippen molar-refractivity contribution in [3.63, 3.8) is 0 Å². The van der Waals surface area contributed by atoms with E-state index in [1.807, 2.05) is 6.07 Å². The van der Waals surface area contributed by atoms with E-state index in [1.165, 1.54) is 22.3 Å². The van der Waals surface area contributed by atoms with E-state index in [2.05, 4.69) is 223 Å². The highest BCUT2D eigenvalue weighted by atomic mass is 15.1. The molecule has 0 N–H and O–H groups in total. The van der Waals surface area contributed by atoms with Gasteiger partial charge in [0, 0.05) is 34.1 Å². The zero-order valence-corrected chi connectivity index (χ0v) is 27.6. The number of hydrogen-bond acceptors (Lipinski definition) is 2. The largest absolute Gasteiger partial charge is 0.311 e. The van der Waals surface area contributed by atoms with Crippen molar-refractivity contribution < 1.29 is 0 Å². The number of aryl methyl sites for hydroxylation is 1. The van der Waals surface area contributed by atoms with Crippen molar-refractivity contribution in [3.05, 3.63) is 217 Å². The maximum Gasteiger partial charge on any atom is 0.0462 e. The summed E-state index contributed by atoms with van der Waals surface area (Å²) in [5.41, 5.74) is 12.7. The molecule has 7 aromatic rings. The van der Waals surface area contributed by atoms with Gasteiger partial charge in [-0.3, -0.25) is 0 Å². The molecule has 0 heterocycles. The highest BCUT2D eigenvalue weighted by molar-refractivity contribution is 5.81. The van der Waals surface area contributed by atoms with Crippen molar-refractivity contribution >= 4 is 46.3 Å². The van der Waals surface area contributed by atoms with Crippen molar-refractivity contribution in [2.24, 2.45) is 0 Å². The lowest BCUT2D eigenvalue weighted by atomic mass is 10.0. The summed E-state index contributed by atoms with van der Waals surface area (Å²) < 4.78 is 0. The monoisotopic (exact) mass is 630 g/mol. The van der Waals surface area contributed by atoms with Crippen LogP contribution in [0.15, 0.2) is 200 Å². The number of hydrogen-bond donors (Lipinski definition) is 0. The lowest BCUT2D eigenvalue weighted by Crippen LogP contribution is -2.10. The van der Waals surface area contributed by atoms with Gasteiger partial charge in [0.15, 0.2) is 0 Å². The molecule has 7 rings (SSSR count). The molecule has 0 bridgehead atoms. The van der Waals surface area contributed by atoms with Gasteiger partial charge in [0.05, 0.1) is 0 Å². The van der Waals surface area contributed by atoms with Gasteiger partial charge in [-0.1, -0.05) is 145 Å². The number of nitrogens with zero attached hydrogens (tertiary/aromatic N) is 2. The van der Waals surface area contributed by atoms with E-state index in [1.54, 1.807) is 0 Å². The average molecular weight is 631 g/mol. The number of para-hydroxylation sites is 2. The Bertz CT molecular complexity index is 2110. The summed E-state index contributed by atoms with van der Waals surface area (Å²) in [5, 5.41) is 0. The Morgan fingerprint density at radius 3 is 1.02 bits per heavy atom. The van der Waals surface area contributed by atoms with Gasteiger partial charge >= 0.3 is 0 Å². The van der Waals surface area contributed by atoms with Crippen LogP contribution in [0.2, 0.25) is 0 Å². The minimum Gasteiger partial charge on any atom is -0.311 e. The normalized spacial score (nSPS) is 11.2. The Morgan fingerprint density at radius 1 is 0.306 bits per heavy atom. The second-order valence-corrected chi connectivity index (χ2v) is 12.0. The highest BCUT2D eigenvalue weighted by Gasteiger charge is 2.14. The standard InChI is InChI=1S/C47H38N2/c1-37-21-29-44(30-22-37)48(42-17-7-3-8-18-42)46-33-25-40(26-34-46)41-27-35-47(36-28-41)49(43-19-9-4-10-20-43)45-31-23-39(24-32-45)16-12-11-15-38-13-5-2-6-14-38/h2-36H,1H3/b15-11-,16-12-. The van der Waals surface area contributed by atoms with Gasteiger partial charge in [-0.15, -0.1) is 0 Å².